The maximum Gasteiger partial charge on any atom is 0.165 e. The molecule has 3 nitrogen and oxygen atoms in total. The number of benzene rings is 1. The molecule has 0 bridgehead atoms. The SMILES string of the molecule is COc1ccc(C(O)C2(CN)CCC(C)(C)CC2)cc1F. The highest BCUT2D eigenvalue weighted by Crippen LogP contribution is 2.50. The molecule has 3 N–H and O–H groups in total. The van der Waals surface area contributed by atoms with Crippen LogP contribution in [0.2, 0.25) is 0 Å². The van der Waals surface area contributed by atoms with Crippen LogP contribution in [-0.4, -0.2) is 18.8 Å². The first-order chi connectivity index (χ1) is 9.83. The molecule has 1 aromatic rings. The first kappa shape index (κ1) is 16.2. The van der Waals surface area contributed by atoms with Crippen molar-refractivity contribution in [1.29, 1.82) is 0 Å². The zero-order valence-electron chi connectivity index (χ0n) is 13.2. The van der Waals surface area contributed by atoms with Gasteiger partial charge in [-0.05, 0) is 48.8 Å². The van der Waals surface area contributed by atoms with E-state index in [1.54, 1.807) is 12.1 Å². The Morgan fingerprint density at radius 3 is 2.38 bits per heavy atom. The Hall–Kier alpha value is -1.13. The van der Waals surface area contributed by atoms with Gasteiger partial charge in [0.15, 0.2) is 11.6 Å². The number of aliphatic hydroxyl groups is 1. The van der Waals surface area contributed by atoms with Gasteiger partial charge in [-0.1, -0.05) is 19.9 Å². The van der Waals surface area contributed by atoms with E-state index in [0.29, 0.717) is 17.5 Å². The average molecular weight is 295 g/mol. The molecule has 0 aromatic heterocycles. The normalized spacial score (nSPS) is 21.8. The molecule has 0 amide bonds. The first-order valence-electron chi connectivity index (χ1n) is 7.55. The molecule has 0 heterocycles. The van der Waals surface area contributed by atoms with Crippen LogP contribution < -0.4 is 10.5 Å². The van der Waals surface area contributed by atoms with Gasteiger partial charge < -0.3 is 15.6 Å². The van der Waals surface area contributed by atoms with Crippen LogP contribution in [0.15, 0.2) is 18.2 Å². The summed E-state index contributed by atoms with van der Waals surface area (Å²) < 4.78 is 18.8. The van der Waals surface area contributed by atoms with Crippen LogP contribution in [-0.2, 0) is 0 Å². The van der Waals surface area contributed by atoms with Crippen molar-refractivity contribution >= 4 is 0 Å². The first-order valence-corrected chi connectivity index (χ1v) is 7.55. The number of halogens is 1. The monoisotopic (exact) mass is 295 g/mol. The van der Waals surface area contributed by atoms with Crippen molar-refractivity contribution in [3.63, 3.8) is 0 Å². The average Bonchev–Trinajstić information content (AvgIpc) is 2.47. The fraction of sp³-hybridized carbons (Fsp3) is 0.647. The van der Waals surface area contributed by atoms with E-state index < -0.39 is 11.9 Å². The third-order valence-corrected chi connectivity index (χ3v) is 5.08. The minimum Gasteiger partial charge on any atom is -0.494 e. The Morgan fingerprint density at radius 1 is 1.29 bits per heavy atom. The van der Waals surface area contributed by atoms with E-state index in [1.807, 2.05) is 0 Å². The third-order valence-electron chi connectivity index (χ3n) is 5.08. The van der Waals surface area contributed by atoms with Gasteiger partial charge in [0.1, 0.15) is 0 Å². The predicted octanol–water partition coefficient (Wildman–Crippen LogP) is 3.41. The van der Waals surface area contributed by atoms with Crippen LogP contribution in [0.3, 0.4) is 0 Å². The lowest BCUT2D eigenvalue weighted by molar-refractivity contribution is -0.0237. The molecule has 0 spiro atoms. The Kier molecular flexibility index (Phi) is 4.59. The van der Waals surface area contributed by atoms with Crippen LogP contribution in [0, 0.1) is 16.6 Å². The Labute approximate surface area is 126 Å². The Morgan fingerprint density at radius 2 is 1.90 bits per heavy atom. The van der Waals surface area contributed by atoms with E-state index in [-0.39, 0.29) is 11.2 Å². The summed E-state index contributed by atoms with van der Waals surface area (Å²) in [6.07, 6.45) is 3.05. The summed E-state index contributed by atoms with van der Waals surface area (Å²) in [5.74, 6) is -0.255. The number of nitrogens with two attached hydrogens (primary N) is 1. The lowest BCUT2D eigenvalue weighted by atomic mass is 9.62. The summed E-state index contributed by atoms with van der Waals surface area (Å²) in [5, 5.41) is 10.8. The minimum absolute atomic E-state index is 0.192. The molecular formula is C17H26FNO2. The number of ether oxygens (including phenoxy) is 1. The minimum atomic E-state index is -0.737. The zero-order valence-corrected chi connectivity index (χ0v) is 13.2. The summed E-state index contributed by atoms with van der Waals surface area (Å²) in [4.78, 5) is 0. The molecule has 1 aliphatic carbocycles. The van der Waals surface area contributed by atoms with Crippen LogP contribution in [0.4, 0.5) is 4.39 Å². The van der Waals surface area contributed by atoms with Gasteiger partial charge >= 0.3 is 0 Å². The second-order valence-electron chi connectivity index (χ2n) is 7.03. The molecule has 1 aromatic carbocycles. The number of aliphatic hydroxyl groups excluding tert-OH is 1. The maximum atomic E-state index is 13.9. The summed E-state index contributed by atoms with van der Waals surface area (Å²) >= 11 is 0. The fourth-order valence-corrected chi connectivity index (χ4v) is 3.22. The zero-order chi connectivity index (χ0) is 15.7. The van der Waals surface area contributed by atoms with Crippen molar-refractivity contribution in [3.8, 4) is 5.75 Å². The van der Waals surface area contributed by atoms with E-state index in [4.69, 9.17) is 10.5 Å². The smallest absolute Gasteiger partial charge is 0.165 e. The number of hydrogen-bond donors (Lipinski definition) is 2. The molecule has 1 aliphatic rings. The van der Waals surface area contributed by atoms with Crippen LogP contribution >= 0.6 is 0 Å². The summed E-state index contributed by atoms with van der Waals surface area (Å²) in [5.41, 5.74) is 6.51. The second-order valence-corrected chi connectivity index (χ2v) is 7.03. The quantitative estimate of drug-likeness (QED) is 0.895. The maximum absolute atomic E-state index is 13.9. The Bertz CT molecular complexity index is 492. The van der Waals surface area contributed by atoms with Crippen LogP contribution in [0.5, 0.6) is 5.75 Å². The molecule has 0 radical (unpaired) electrons. The standard InChI is InChI=1S/C17H26FNO2/c1-16(2)6-8-17(11-19,9-7-16)15(20)12-4-5-14(21-3)13(18)10-12/h4-5,10,15,20H,6-9,11,19H2,1-3H3. The molecule has 21 heavy (non-hydrogen) atoms. The van der Waals surface area contributed by atoms with Gasteiger partial charge in [-0.2, -0.15) is 0 Å². The Balaban J connectivity index is 2.24. The highest BCUT2D eigenvalue weighted by Gasteiger charge is 2.43. The molecule has 2 rings (SSSR count). The highest BCUT2D eigenvalue weighted by atomic mass is 19.1. The fourth-order valence-electron chi connectivity index (χ4n) is 3.22. The molecule has 0 saturated heterocycles. The van der Waals surface area contributed by atoms with Gasteiger partial charge in [0, 0.05) is 12.0 Å². The lowest BCUT2D eigenvalue weighted by Gasteiger charge is -2.45. The van der Waals surface area contributed by atoms with Gasteiger partial charge in [0.2, 0.25) is 0 Å². The van der Waals surface area contributed by atoms with Gasteiger partial charge in [-0.15, -0.1) is 0 Å². The molecule has 1 fully saturated rings. The van der Waals surface area contributed by atoms with E-state index in [0.717, 1.165) is 25.7 Å². The summed E-state index contributed by atoms with van der Waals surface area (Å²) in [7, 11) is 1.43. The van der Waals surface area contributed by atoms with Gasteiger partial charge in [0.25, 0.3) is 0 Å². The van der Waals surface area contributed by atoms with Crippen LogP contribution in [0.1, 0.15) is 51.2 Å². The van der Waals surface area contributed by atoms with Crippen molar-refractivity contribution in [2.45, 2.75) is 45.6 Å². The van der Waals surface area contributed by atoms with Crippen molar-refractivity contribution < 1.29 is 14.2 Å². The highest BCUT2D eigenvalue weighted by molar-refractivity contribution is 5.31. The number of methoxy groups -OCH3 is 1. The van der Waals surface area contributed by atoms with E-state index in [1.165, 1.54) is 13.2 Å². The summed E-state index contributed by atoms with van der Waals surface area (Å²) in [6.45, 7) is 4.90. The molecule has 4 heteroatoms. The van der Waals surface area contributed by atoms with E-state index in [2.05, 4.69) is 13.8 Å². The molecule has 1 saturated carbocycles. The summed E-state index contributed by atoms with van der Waals surface area (Å²) in [6, 6.07) is 4.65. The molecule has 118 valence electrons. The third kappa shape index (κ3) is 3.22. The van der Waals surface area contributed by atoms with E-state index in [9.17, 15) is 9.50 Å². The van der Waals surface area contributed by atoms with Gasteiger partial charge in [-0.3, -0.25) is 0 Å². The number of hydrogen-bond acceptors (Lipinski definition) is 3. The topological polar surface area (TPSA) is 55.5 Å². The van der Waals surface area contributed by atoms with Crippen LogP contribution in [0.25, 0.3) is 0 Å². The number of rotatable bonds is 4. The van der Waals surface area contributed by atoms with Crippen molar-refractivity contribution in [2.24, 2.45) is 16.6 Å². The predicted molar refractivity (Wildman–Crippen MR) is 81.6 cm³/mol. The molecule has 1 unspecified atom stereocenters. The second kappa shape index (κ2) is 5.93. The largest absolute Gasteiger partial charge is 0.494 e. The van der Waals surface area contributed by atoms with Gasteiger partial charge in [-0.25, -0.2) is 4.39 Å². The van der Waals surface area contributed by atoms with Crippen molar-refractivity contribution in [1.82, 2.24) is 0 Å². The molecule has 1 atom stereocenters. The molecular weight excluding hydrogens is 269 g/mol. The lowest BCUT2D eigenvalue weighted by Crippen LogP contribution is -2.41. The van der Waals surface area contributed by atoms with Crippen molar-refractivity contribution in [3.05, 3.63) is 29.6 Å². The van der Waals surface area contributed by atoms with Crippen molar-refractivity contribution in [2.75, 3.05) is 13.7 Å². The molecule has 0 aliphatic heterocycles. The van der Waals surface area contributed by atoms with Gasteiger partial charge in [0.05, 0.1) is 13.2 Å². The van der Waals surface area contributed by atoms with E-state index >= 15 is 0 Å².